The zero-order chi connectivity index (χ0) is 18.7. The first-order valence-corrected chi connectivity index (χ1v) is 9.75. The average molecular weight is 414 g/mol. The predicted molar refractivity (Wildman–Crippen MR) is 104 cm³/mol. The summed E-state index contributed by atoms with van der Waals surface area (Å²) in [4.78, 5) is 14.4. The molecule has 1 aliphatic heterocycles. The number of amides is 1. The van der Waals surface area contributed by atoms with Crippen LogP contribution in [-0.2, 0) is 10.0 Å². The molecule has 6 nitrogen and oxygen atoms in total. The lowest BCUT2D eigenvalue weighted by Gasteiger charge is -2.34. The van der Waals surface area contributed by atoms with E-state index in [9.17, 15) is 17.6 Å². The summed E-state index contributed by atoms with van der Waals surface area (Å²) in [5.41, 5.74) is 0.836. The van der Waals surface area contributed by atoms with E-state index in [1.54, 1.807) is 29.2 Å². The third-order valence-electron chi connectivity index (χ3n) is 4.27. The van der Waals surface area contributed by atoms with E-state index in [2.05, 4.69) is 10.0 Å². The van der Waals surface area contributed by atoms with Gasteiger partial charge in [-0.05, 0) is 55.5 Å². The number of hydrogen-bond acceptors (Lipinski definition) is 4. The van der Waals surface area contributed by atoms with Gasteiger partial charge in [0.1, 0.15) is 5.82 Å². The van der Waals surface area contributed by atoms with Crippen molar-refractivity contribution in [1.82, 2.24) is 10.2 Å². The molecule has 3 rings (SSSR count). The van der Waals surface area contributed by atoms with Crippen LogP contribution in [-0.4, -0.2) is 44.9 Å². The Labute approximate surface area is 164 Å². The molecule has 1 fully saturated rings. The minimum absolute atomic E-state index is 0. The van der Waals surface area contributed by atoms with Crippen molar-refractivity contribution in [2.24, 2.45) is 0 Å². The lowest BCUT2D eigenvalue weighted by molar-refractivity contribution is 0.0656. The van der Waals surface area contributed by atoms with Gasteiger partial charge in [-0.15, -0.1) is 12.4 Å². The smallest absolute Gasteiger partial charge is 0.261 e. The SMILES string of the molecule is C[C@H]1CNCCN1C(=O)c1ccc(NS(=O)(=O)c2ccc(F)cc2)cc1.Cl. The Morgan fingerprint density at radius 2 is 1.78 bits per heavy atom. The molecule has 27 heavy (non-hydrogen) atoms. The fourth-order valence-corrected chi connectivity index (χ4v) is 3.88. The van der Waals surface area contributed by atoms with Gasteiger partial charge in [-0.2, -0.15) is 0 Å². The maximum atomic E-state index is 12.9. The number of hydrogen-bond donors (Lipinski definition) is 2. The van der Waals surface area contributed by atoms with Crippen molar-refractivity contribution < 1.29 is 17.6 Å². The number of rotatable bonds is 4. The Bertz CT molecular complexity index is 889. The fraction of sp³-hybridized carbons (Fsp3) is 0.278. The van der Waals surface area contributed by atoms with E-state index < -0.39 is 15.8 Å². The summed E-state index contributed by atoms with van der Waals surface area (Å²) < 4.78 is 40.0. The van der Waals surface area contributed by atoms with Crippen LogP contribution in [0, 0.1) is 5.82 Å². The molecule has 2 aromatic carbocycles. The Morgan fingerprint density at radius 1 is 1.15 bits per heavy atom. The zero-order valence-corrected chi connectivity index (χ0v) is 16.3. The van der Waals surface area contributed by atoms with Crippen molar-refractivity contribution >= 4 is 34.0 Å². The second-order valence-electron chi connectivity index (χ2n) is 6.19. The summed E-state index contributed by atoms with van der Waals surface area (Å²) in [6, 6.07) is 11.0. The molecule has 2 N–H and O–H groups in total. The minimum Gasteiger partial charge on any atom is -0.333 e. The van der Waals surface area contributed by atoms with E-state index in [-0.39, 0.29) is 29.3 Å². The van der Waals surface area contributed by atoms with Gasteiger partial charge in [-0.1, -0.05) is 0 Å². The van der Waals surface area contributed by atoms with Crippen LogP contribution >= 0.6 is 12.4 Å². The molecular weight excluding hydrogens is 393 g/mol. The highest BCUT2D eigenvalue weighted by atomic mass is 35.5. The number of piperazine rings is 1. The minimum atomic E-state index is -3.81. The third kappa shape index (κ3) is 4.97. The monoisotopic (exact) mass is 413 g/mol. The van der Waals surface area contributed by atoms with Crippen molar-refractivity contribution in [1.29, 1.82) is 0 Å². The van der Waals surface area contributed by atoms with Crippen LogP contribution in [0.25, 0.3) is 0 Å². The van der Waals surface area contributed by atoms with Crippen LogP contribution in [0.1, 0.15) is 17.3 Å². The quantitative estimate of drug-likeness (QED) is 0.807. The molecule has 1 aliphatic rings. The van der Waals surface area contributed by atoms with E-state index in [1.165, 1.54) is 12.1 Å². The summed E-state index contributed by atoms with van der Waals surface area (Å²) >= 11 is 0. The zero-order valence-electron chi connectivity index (χ0n) is 14.7. The summed E-state index contributed by atoms with van der Waals surface area (Å²) in [5.74, 6) is -0.583. The number of carbonyl (C=O) groups excluding carboxylic acids is 1. The summed E-state index contributed by atoms with van der Waals surface area (Å²) in [7, 11) is -3.81. The van der Waals surface area contributed by atoms with Gasteiger partial charge in [0.25, 0.3) is 15.9 Å². The highest BCUT2D eigenvalue weighted by Crippen LogP contribution is 2.18. The van der Waals surface area contributed by atoms with Gasteiger partial charge in [-0.25, -0.2) is 12.8 Å². The van der Waals surface area contributed by atoms with Crippen molar-refractivity contribution in [2.75, 3.05) is 24.4 Å². The van der Waals surface area contributed by atoms with Gasteiger partial charge in [0.15, 0.2) is 0 Å². The molecule has 1 saturated heterocycles. The Balaban J connectivity index is 0.00000261. The number of benzene rings is 2. The van der Waals surface area contributed by atoms with Crippen LogP contribution in [0.3, 0.4) is 0 Å². The standard InChI is InChI=1S/C18H20FN3O3S.ClH/c1-13-12-20-10-11-22(13)18(23)14-2-6-16(7-3-14)21-26(24,25)17-8-4-15(19)5-9-17;/h2-9,13,20-21H,10-12H2,1H3;1H/t13-;/m0./s1. The third-order valence-corrected chi connectivity index (χ3v) is 5.67. The highest BCUT2D eigenvalue weighted by Gasteiger charge is 2.24. The van der Waals surface area contributed by atoms with E-state index >= 15 is 0 Å². The molecule has 1 heterocycles. The van der Waals surface area contributed by atoms with Crippen LogP contribution in [0.5, 0.6) is 0 Å². The largest absolute Gasteiger partial charge is 0.333 e. The van der Waals surface area contributed by atoms with Gasteiger partial charge >= 0.3 is 0 Å². The summed E-state index contributed by atoms with van der Waals surface area (Å²) in [5, 5.41) is 3.23. The molecule has 0 unspecified atom stereocenters. The van der Waals surface area contributed by atoms with Crippen molar-refractivity contribution in [3.8, 4) is 0 Å². The lowest BCUT2D eigenvalue weighted by Crippen LogP contribution is -2.52. The van der Waals surface area contributed by atoms with Crippen molar-refractivity contribution in [2.45, 2.75) is 17.9 Å². The van der Waals surface area contributed by atoms with Gasteiger partial charge in [0.2, 0.25) is 0 Å². The molecule has 1 amide bonds. The van der Waals surface area contributed by atoms with Crippen LogP contribution in [0.4, 0.5) is 10.1 Å². The number of nitrogens with one attached hydrogen (secondary N) is 2. The van der Waals surface area contributed by atoms with Crippen LogP contribution in [0.2, 0.25) is 0 Å². The Morgan fingerprint density at radius 3 is 2.37 bits per heavy atom. The van der Waals surface area contributed by atoms with Crippen LogP contribution < -0.4 is 10.0 Å². The van der Waals surface area contributed by atoms with E-state index in [0.29, 0.717) is 17.8 Å². The fourth-order valence-electron chi connectivity index (χ4n) is 2.82. The number of carbonyl (C=O) groups is 1. The second-order valence-corrected chi connectivity index (χ2v) is 7.87. The molecule has 0 aromatic heterocycles. The molecule has 0 radical (unpaired) electrons. The van der Waals surface area contributed by atoms with Gasteiger partial charge < -0.3 is 10.2 Å². The van der Waals surface area contributed by atoms with E-state index in [1.807, 2.05) is 6.92 Å². The lowest BCUT2D eigenvalue weighted by atomic mass is 10.1. The highest BCUT2D eigenvalue weighted by molar-refractivity contribution is 7.92. The molecule has 0 saturated carbocycles. The molecule has 1 atom stereocenters. The van der Waals surface area contributed by atoms with Crippen molar-refractivity contribution in [3.63, 3.8) is 0 Å². The first-order chi connectivity index (χ1) is 12.4. The normalized spacial score (nSPS) is 17.1. The topological polar surface area (TPSA) is 78.5 Å². The molecule has 0 bridgehead atoms. The summed E-state index contributed by atoms with van der Waals surface area (Å²) in [6.45, 7) is 4.13. The molecule has 9 heteroatoms. The maximum Gasteiger partial charge on any atom is 0.261 e. The first-order valence-electron chi connectivity index (χ1n) is 8.27. The molecular formula is C18H21ClFN3O3S. The number of sulfonamides is 1. The van der Waals surface area contributed by atoms with Gasteiger partial charge in [0, 0.05) is 36.9 Å². The van der Waals surface area contributed by atoms with Crippen LogP contribution in [0.15, 0.2) is 53.4 Å². The van der Waals surface area contributed by atoms with E-state index in [4.69, 9.17) is 0 Å². The number of nitrogens with zero attached hydrogens (tertiary/aromatic N) is 1. The summed E-state index contributed by atoms with van der Waals surface area (Å²) in [6.07, 6.45) is 0. The second kappa shape index (κ2) is 8.69. The number of anilines is 1. The predicted octanol–water partition coefficient (Wildman–Crippen LogP) is 2.48. The van der Waals surface area contributed by atoms with Gasteiger partial charge in [-0.3, -0.25) is 9.52 Å². The maximum absolute atomic E-state index is 12.9. The average Bonchev–Trinajstić information content (AvgIpc) is 2.62. The molecule has 2 aromatic rings. The molecule has 0 aliphatic carbocycles. The molecule has 0 spiro atoms. The first kappa shape index (κ1) is 21.1. The van der Waals surface area contributed by atoms with Gasteiger partial charge in [0.05, 0.1) is 4.90 Å². The Kier molecular flexibility index (Phi) is 6.80. The van der Waals surface area contributed by atoms with E-state index in [0.717, 1.165) is 25.2 Å². The van der Waals surface area contributed by atoms with Crippen molar-refractivity contribution in [3.05, 3.63) is 59.9 Å². The molecule has 146 valence electrons. The Hall–Kier alpha value is -2.16. The number of halogens is 2.